The van der Waals surface area contributed by atoms with Crippen molar-refractivity contribution in [3.8, 4) is 17.5 Å². The first-order valence-corrected chi connectivity index (χ1v) is 7.33. The molecule has 0 saturated heterocycles. The van der Waals surface area contributed by atoms with E-state index in [9.17, 15) is 5.26 Å². The number of fused-ring (bicyclic) bond motifs is 1. The van der Waals surface area contributed by atoms with Gasteiger partial charge in [-0.1, -0.05) is 22.0 Å². The molecule has 6 heteroatoms. The number of hydrogen-bond acceptors (Lipinski definition) is 3. The monoisotopic (exact) mass is 359 g/mol. The van der Waals surface area contributed by atoms with Crippen LogP contribution in [0.1, 0.15) is 5.56 Å². The molecule has 104 valence electrons. The van der Waals surface area contributed by atoms with E-state index in [0.717, 1.165) is 21.2 Å². The fourth-order valence-electron chi connectivity index (χ4n) is 2.30. The molecule has 0 spiro atoms. The zero-order valence-electron chi connectivity index (χ0n) is 11.1. The van der Waals surface area contributed by atoms with Crippen molar-refractivity contribution in [3.63, 3.8) is 0 Å². The van der Waals surface area contributed by atoms with Crippen molar-refractivity contribution in [2.24, 2.45) is 0 Å². The summed E-state index contributed by atoms with van der Waals surface area (Å²) >= 11 is 8.88. The van der Waals surface area contributed by atoms with Crippen molar-refractivity contribution in [3.05, 3.63) is 51.2 Å². The van der Waals surface area contributed by atoms with Crippen molar-refractivity contribution in [2.45, 2.75) is 0 Å². The first kappa shape index (κ1) is 13.9. The Morgan fingerprint density at radius 2 is 2.14 bits per heavy atom. The maximum Gasteiger partial charge on any atom is 0.182 e. The predicted octanol–water partition coefficient (Wildman–Crippen LogP) is 4.33. The van der Waals surface area contributed by atoms with Crippen molar-refractivity contribution in [2.75, 3.05) is 7.11 Å². The van der Waals surface area contributed by atoms with Gasteiger partial charge in [0.1, 0.15) is 11.8 Å². The normalized spacial score (nSPS) is 10.5. The predicted molar refractivity (Wildman–Crippen MR) is 87.4 cm³/mol. The third kappa shape index (κ3) is 2.24. The fourth-order valence-corrected chi connectivity index (χ4v) is 2.95. The molecule has 1 aromatic heterocycles. The molecule has 0 unspecified atom stereocenters. The summed E-state index contributed by atoms with van der Waals surface area (Å²) < 4.78 is 8.73. The minimum atomic E-state index is 0.518. The second kappa shape index (κ2) is 5.35. The summed E-state index contributed by atoms with van der Waals surface area (Å²) in [6, 6.07) is 13.4. The number of aromatic nitrogens is 2. The third-order valence-electron chi connectivity index (χ3n) is 3.22. The summed E-state index contributed by atoms with van der Waals surface area (Å²) in [4.78, 5) is 3.10. The maximum atomic E-state index is 9.21. The van der Waals surface area contributed by atoms with E-state index in [2.05, 4.69) is 27.0 Å². The van der Waals surface area contributed by atoms with Gasteiger partial charge in [0.25, 0.3) is 0 Å². The Morgan fingerprint density at radius 3 is 2.86 bits per heavy atom. The number of imidazole rings is 1. The van der Waals surface area contributed by atoms with Crippen LogP contribution in [0.3, 0.4) is 0 Å². The molecule has 0 aliphatic rings. The minimum absolute atomic E-state index is 0.518. The van der Waals surface area contributed by atoms with Crippen LogP contribution in [0, 0.1) is 16.1 Å². The lowest BCUT2D eigenvalue weighted by Gasteiger charge is -2.11. The van der Waals surface area contributed by atoms with Crippen LogP contribution in [0.15, 0.2) is 40.9 Å². The number of nitrogens with zero attached hydrogens (tertiary/aromatic N) is 2. The Bertz CT molecular complexity index is 936. The van der Waals surface area contributed by atoms with E-state index in [4.69, 9.17) is 17.0 Å². The van der Waals surface area contributed by atoms with Gasteiger partial charge in [-0.15, -0.1) is 0 Å². The van der Waals surface area contributed by atoms with Crippen LogP contribution < -0.4 is 4.74 Å². The number of hydrogen-bond donors (Lipinski definition) is 1. The van der Waals surface area contributed by atoms with Crippen LogP contribution in [0.4, 0.5) is 0 Å². The van der Waals surface area contributed by atoms with Crippen LogP contribution in [-0.2, 0) is 0 Å². The number of nitrogens with one attached hydrogen (secondary N) is 1. The molecular formula is C15H10BrN3OS. The standard InChI is InChI=1S/C15H10BrN3OS/c1-20-13-6-5-10(16)7-12(13)19-11-4-2-3-9(8-17)14(11)18-15(19)21/h2-7H,1H3,(H,18,21). The Kier molecular flexibility index (Phi) is 3.53. The quantitative estimate of drug-likeness (QED) is 0.692. The minimum Gasteiger partial charge on any atom is -0.495 e. The van der Waals surface area contributed by atoms with Crippen LogP contribution in [0.5, 0.6) is 5.75 Å². The number of rotatable bonds is 2. The second-order valence-corrected chi connectivity index (χ2v) is 5.70. The van der Waals surface area contributed by atoms with E-state index in [0.29, 0.717) is 16.1 Å². The molecule has 0 radical (unpaired) electrons. The average molecular weight is 360 g/mol. The van der Waals surface area contributed by atoms with Gasteiger partial charge < -0.3 is 9.72 Å². The molecule has 0 aliphatic heterocycles. The van der Waals surface area contributed by atoms with Crippen molar-refractivity contribution in [1.29, 1.82) is 5.26 Å². The molecule has 0 aliphatic carbocycles. The third-order valence-corrected chi connectivity index (χ3v) is 4.00. The molecule has 0 fully saturated rings. The maximum absolute atomic E-state index is 9.21. The van der Waals surface area contributed by atoms with Gasteiger partial charge in [0, 0.05) is 4.47 Å². The van der Waals surface area contributed by atoms with Crippen LogP contribution in [0.2, 0.25) is 0 Å². The van der Waals surface area contributed by atoms with E-state index in [1.807, 2.05) is 34.9 Å². The highest BCUT2D eigenvalue weighted by Crippen LogP contribution is 2.30. The van der Waals surface area contributed by atoms with Crippen LogP contribution in [-0.4, -0.2) is 16.7 Å². The van der Waals surface area contributed by atoms with Gasteiger partial charge in [0.05, 0.1) is 29.4 Å². The molecule has 2 aromatic carbocycles. The lowest BCUT2D eigenvalue weighted by molar-refractivity contribution is 0.413. The molecule has 4 nitrogen and oxygen atoms in total. The second-order valence-electron chi connectivity index (χ2n) is 4.39. The summed E-state index contributed by atoms with van der Waals surface area (Å²) in [5, 5.41) is 9.21. The van der Waals surface area contributed by atoms with E-state index < -0.39 is 0 Å². The number of halogens is 1. The van der Waals surface area contributed by atoms with E-state index in [1.165, 1.54) is 0 Å². The van der Waals surface area contributed by atoms with Crippen molar-refractivity contribution < 1.29 is 4.74 Å². The van der Waals surface area contributed by atoms with Crippen molar-refractivity contribution in [1.82, 2.24) is 9.55 Å². The molecule has 0 atom stereocenters. The molecule has 0 amide bonds. The summed E-state index contributed by atoms with van der Waals surface area (Å²) in [7, 11) is 1.62. The van der Waals surface area contributed by atoms with E-state index >= 15 is 0 Å². The molecule has 0 saturated carbocycles. The Hall–Kier alpha value is -2.10. The van der Waals surface area contributed by atoms with E-state index in [1.54, 1.807) is 13.2 Å². The van der Waals surface area contributed by atoms with Gasteiger partial charge >= 0.3 is 0 Å². The van der Waals surface area contributed by atoms with Crippen LogP contribution in [0.25, 0.3) is 16.7 Å². The summed E-state index contributed by atoms with van der Waals surface area (Å²) in [6.07, 6.45) is 0. The molecule has 0 bridgehead atoms. The van der Waals surface area contributed by atoms with Crippen LogP contribution >= 0.6 is 28.1 Å². The molecule has 3 aromatic rings. The lowest BCUT2D eigenvalue weighted by atomic mass is 10.2. The Balaban J connectivity index is 2.42. The zero-order chi connectivity index (χ0) is 15.0. The lowest BCUT2D eigenvalue weighted by Crippen LogP contribution is -1.98. The van der Waals surface area contributed by atoms with Gasteiger partial charge in [-0.25, -0.2) is 0 Å². The molecule has 1 N–H and O–H groups in total. The number of ether oxygens (including phenoxy) is 1. The summed E-state index contributed by atoms with van der Waals surface area (Å²) in [5.74, 6) is 0.706. The molecule has 21 heavy (non-hydrogen) atoms. The number of methoxy groups -OCH3 is 1. The van der Waals surface area contributed by atoms with Gasteiger partial charge in [0.2, 0.25) is 0 Å². The number of benzene rings is 2. The molecular weight excluding hydrogens is 350 g/mol. The summed E-state index contributed by atoms with van der Waals surface area (Å²) in [6.45, 7) is 0. The van der Waals surface area contributed by atoms with Gasteiger partial charge in [-0.3, -0.25) is 4.57 Å². The number of para-hydroxylation sites is 1. The smallest absolute Gasteiger partial charge is 0.182 e. The first-order chi connectivity index (χ1) is 10.2. The highest BCUT2D eigenvalue weighted by Gasteiger charge is 2.13. The topological polar surface area (TPSA) is 53.7 Å². The fraction of sp³-hybridized carbons (Fsp3) is 0.0667. The Morgan fingerprint density at radius 1 is 1.33 bits per heavy atom. The van der Waals surface area contributed by atoms with Gasteiger partial charge in [-0.05, 0) is 42.5 Å². The molecule has 3 rings (SSSR count). The highest BCUT2D eigenvalue weighted by molar-refractivity contribution is 9.10. The zero-order valence-corrected chi connectivity index (χ0v) is 13.5. The molecule has 1 heterocycles. The van der Waals surface area contributed by atoms with E-state index in [-0.39, 0.29) is 0 Å². The largest absolute Gasteiger partial charge is 0.495 e. The highest BCUT2D eigenvalue weighted by atomic mass is 79.9. The summed E-state index contributed by atoms with van der Waals surface area (Å²) in [5.41, 5.74) is 2.95. The number of H-pyrrole nitrogens is 1. The van der Waals surface area contributed by atoms with Gasteiger partial charge in [0.15, 0.2) is 4.77 Å². The van der Waals surface area contributed by atoms with Crippen molar-refractivity contribution >= 4 is 39.2 Å². The number of nitriles is 1. The number of aromatic amines is 1. The van der Waals surface area contributed by atoms with Gasteiger partial charge in [-0.2, -0.15) is 5.26 Å². The Labute approximate surface area is 134 Å². The SMILES string of the molecule is COc1ccc(Br)cc1-n1c(=S)[nH]c2c(C#N)cccc21. The first-order valence-electron chi connectivity index (χ1n) is 6.13. The average Bonchev–Trinajstić information content (AvgIpc) is 2.82.